The highest BCUT2D eigenvalue weighted by Gasteiger charge is 2.10. The highest BCUT2D eigenvalue weighted by Crippen LogP contribution is 2.09. The summed E-state index contributed by atoms with van der Waals surface area (Å²) < 4.78 is 0. The minimum atomic E-state index is 0.221. The van der Waals surface area contributed by atoms with Crippen molar-refractivity contribution >= 4 is 22.8 Å². The van der Waals surface area contributed by atoms with E-state index in [0.717, 1.165) is 37.0 Å². The maximum atomic E-state index is 11.7. The molecule has 0 unspecified atom stereocenters. The van der Waals surface area contributed by atoms with E-state index < -0.39 is 0 Å². The zero-order chi connectivity index (χ0) is 11.8. The highest BCUT2D eigenvalue weighted by molar-refractivity contribution is 8.13. The van der Waals surface area contributed by atoms with Crippen LogP contribution in [0.3, 0.4) is 0 Å². The van der Waals surface area contributed by atoms with Gasteiger partial charge in [-0.15, -0.1) is 0 Å². The maximum absolute atomic E-state index is 11.7. The van der Waals surface area contributed by atoms with Crippen molar-refractivity contribution in [2.24, 2.45) is 4.99 Å². The molecule has 1 rings (SSSR count). The van der Waals surface area contributed by atoms with Gasteiger partial charge in [0.05, 0.1) is 0 Å². The summed E-state index contributed by atoms with van der Waals surface area (Å²) in [5.41, 5.74) is 0. The number of amides is 1. The minimum absolute atomic E-state index is 0.221. The Morgan fingerprint density at radius 1 is 1.50 bits per heavy atom. The van der Waals surface area contributed by atoms with Gasteiger partial charge in [0.25, 0.3) is 0 Å². The maximum Gasteiger partial charge on any atom is 0.224 e. The van der Waals surface area contributed by atoms with Crippen LogP contribution in [0.1, 0.15) is 26.7 Å². The van der Waals surface area contributed by atoms with Crippen molar-refractivity contribution in [2.45, 2.75) is 26.7 Å². The molecule has 0 saturated heterocycles. The molecule has 4 nitrogen and oxygen atoms in total. The van der Waals surface area contributed by atoms with Gasteiger partial charge in [-0.05, 0) is 20.3 Å². The van der Waals surface area contributed by atoms with Crippen LogP contribution >= 0.6 is 11.8 Å². The summed E-state index contributed by atoms with van der Waals surface area (Å²) in [7, 11) is 0. The van der Waals surface area contributed by atoms with Crippen molar-refractivity contribution in [2.75, 3.05) is 31.9 Å². The Hall–Kier alpha value is -0.710. The van der Waals surface area contributed by atoms with Crippen molar-refractivity contribution in [1.29, 1.82) is 0 Å². The number of hydrogen-bond donors (Lipinski definition) is 1. The van der Waals surface area contributed by atoms with Crippen molar-refractivity contribution in [3.8, 4) is 0 Å². The van der Waals surface area contributed by atoms with Gasteiger partial charge in [-0.1, -0.05) is 11.8 Å². The summed E-state index contributed by atoms with van der Waals surface area (Å²) in [5, 5.41) is 4.22. The molecular formula is C11H21N3OS. The number of rotatable bonds is 5. The largest absolute Gasteiger partial charge is 0.364 e. The van der Waals surface area contributed by atoms with Crippen LogP contribution in [0.4, 0.5) is 0 Å². The molecule has 0 aromatic carbocycles. The topological polar surface area (TPSA) is 44.7 Å². The van der Waals surface area contributed by atoms with Crippen LogP contribution in [0.15, 0.2) is 4.99 Å². The van der Waals surface area contributed by atoms with Gasteiger partial charge in [0, 0.05) is 38.4 Å². The van der Waals surface area contributed by atoms with Crippen LogP contribution in [0, 0.1) is 0 Å². The summed E-state index contributed by atoms with van der Waals surface area (Å²) in [6, 6.07) is 0. The highest BCUT2D eigenvalue weighted by atomic mass is 32.2. The Balaban J connectivity index is 2.19. The van der Waals surface area contributed by atoms with E-state index in [1.54, 1.807) is 11.8 Å². The van der Waals surface area contributed by atoms with Crippen LogP contribution < -0.4 is 5.32 Å². The predicted molar refractivity (Wildman–Crippen MR) is 69.9 cm³/mol. The number of carbonyl (C=O) groups excluding carboxylic acids is 1. The Morgan fingerprint density at radius 2 is 2.25 bits per heavy atom. The van der Waals surface area contributed by atoms with Gasteiger partial charge in [-0.3, -0.25) is 9.79 Å². The normalized spacial score (nSPS) is 15.5. The third-order valence-electron chi connectivity index (χ3n) is 2.53. The molecule has 0 aliphatic carbocycles. The van der Waals surface area contributed by atoms with Crippen LogP contribution in [-0.2, 0) is 4.79 Å². The van der Waals surface area contributed by atoms with Gasteiger partial charge in [0.2, 0.25) is 5.91 Å². The van der Waals surface area contributed by atoms with E-state index in [2.05, 4.69) is 10.3 Å². The van der Waals surface area contributed by atoms with Crippen molar-refractivity contribution < 1.29 is 4.79 Å². The molecule has 1 amide bonds. The molecule has 0 saturated carbocycles. The number of thioether (sulfide) groups is 1. The first kappa shape index (κ1) is 13.4. The zero-order valence-corrected chi connectivity index (χ0v) is 11.0. The Morgan fingerprint density at radius 3 is 2.81 bits per heavy atom. The Labute approximate surface area is 102 Å². The van der Waals surface area contributed by atoms with Crippen LogP contribution in [0.25, 0.3) is 0 Å². The summed E-state index contributed by atoms with van der Waals surface area (Å²) in [6.07, 6.45) is 1.72. The lowest BCUT2D eigenvalue weighted by Gasteiger charge is -2.19. The Kier molecular flexibility index (Phi) is 6.30. The first-order valence-corrected chi connectivity index (χ1v) is 6.95. The average molecular weight is 243 g/mol. The van der Waals surface area contributed by atoms with Gasteiger partial charge >= 0.3 is 0 Å². The quantitative estimate of drug-likeness (QED) is 0.792. The number of nitrogens with one attached hydrogen (secondary N) is 1. The fraction of sp³-hybridized carbons (Fsp3) is 0.818. The van der Waals surface area contributed by atoms with E-state index in [-0.39, 0.29) is 5.91 Å². The van der Waals surface area contributed by atoms with Crippen molar-refractivity contribution in [3.63, 3.8) is 0 Å². The molecule has 0 atom stereocenters. The number of aliphatic imine (C=N–C) groups is 1. The summed E-state index contributed by atoms with van der Waals surface area (Å²) in [6.45, 7) is 7.22. The molecule has 0 radical (unpaired) electrons. The molecule has 0 aromatic heterocycles. The first-order valence-electron chi connectivity index (χ1n) is 5.96. The number of hydrogen-bond acceptors (Lipinski definition) is 4. The average Bonchev–Trinajstić information content (AvgIpc) is 2.32. The lowest BCUT2D eigenvalue weighted by molar-refractivity contribution is -0.130. The van der Waals surface area contributed by atoms with E-state index >= 15 is 0 Å². The molecule has 0 bridgehead atoms. The second kappa shape index (κ2) is 7.54. The van der Waals surface area contributed by atoms with E-state index in [0.29, 0.717) is 13.0 Å². The van der Waals surface area contributed by atoms with E-state index in [1.165, 1.54) is 0 Å². The van der Waals surface area contributed by atoms with Crippen LogP contribution in [0.5, 0.6) is 0 Å². The molecule has 16 heavy (non-hydrogen) atoms. The fourth-order valence-corrected chi connectivity index (χ4v) is 2.43. The first-order chi connectivity index (χ1) is 7.77. The zero-order valence-electron chi connectivity index (χ0n) is 10.2. The molecule has 1 aliphatic heterocycles. The molecule has 5 heteroatoms. The molecule has 1 N–H and O–H groups in total. The van der Waals surface area contributed by atoms with Crippen molar-refractivity contribution in [1.82, 2.24) is 10.2 Å². The number of nitrogens with zero attached hydrogens (tertiary/aromatic N) is 2. The lowest BCUT2D eigenvalue weighted by Crippen LogP contribution is -2.34. The molecular weight excluding hydrogens is 222 g/mol. The van der Waals surface area contributed by atoms with Gasteiger partial charge < -0.3 is 10.2 Å². The summed E-state index contributed by atoms with van der Waals surface area (Å²) >= 11 is 1.75. The van der Waals surface area contributed by atoms with Crippen LogP contribution in [-0.4, -0.2) is 47.9 Å². The molecule has 0 spiro atoms. The number of carbonyl (C=O) groups is 1. The van der Waals surface area contributed by atoms with E-state index in [1.807, 2.05) is 18.7 Å². The number of amidine groups is 1. The minimum Gasteiger partial charge on any atom is -0.364 e. The molecule has 1 heterocycles. The smallest absolute Gasteiger partial charge is 0.224 e. The standard InChI is InChI=1S/C11H21N3OS/c1-3-14(4-2)10(15)6-8-13-11-12-7-5-9-16-11/h3-9H2,1-2H3,(H,12,13). The van der Waals surface area contributed by atoms with Gasteiger partial charge in [0.1, 0.15) is 0 Å². The van der Waals surface area contributed by atoms with Crippen molar-refractivity contribution in [3.05, 3.63) is 0 Å². The van der Waals surface area contributed by atoms with Crippen LogP contribution in [0.2, 0.25) is 0 Å². The van der Waals surface area contributed by atoms with E-state index in [9.17, 15) is 4.79 Å². The predicted octanol–water partition coefficient (Wildman–Crippen LogP) is 1.33. The fourth-order valence-electron chi connectivity index (χ4n) is 1.58. The second-order valence-electron chi connectivity index (χ2n) is 3.63. The van der Waals surface area contributed by atoms with Gasteiger partial charge in [-0.2, -0.15) is 0 Å². The second-order valence-corrected chi connectivity index (χ2v) is 4.72. The molecule has 92 valence electrons. The Bertz CT molecular complexity index is 252. The van der Waals surface area contributed by atoms with Gasteiger partial charge in [-0.25, -0.2) is 0 Å². The lowest BCUT2D eigenvalue weighted by atomic mass is 10.3. The third kappa shape index (κ3) is 4.43. The SMILES string of the molecule is CCN(CC)C(=O)CCNC1=NCCCS1. The summed E-state index contributed by atoms with van der Waals surface area (Å²) in [4.78, 5) is 17.9. The monoisotopic (exact) mass is 243 g/mol. The van der Waals surface area contributed by atoms with E-state index in [4.69, 9.17) is 0 Å². The molecule has 1 aliphatic rings. The molecule has 0 fully saturated rings. The summed E-state index contributed by atoms with van der Waals surface area (Å²) in [5.74, 6) is 1.36. The third-order valence-corrected chi connectivity index (χ3v) is 3.57. The molecule has 0 aromatic rings. The van der Waals surface area contributed by atoms with Gasteiger partial charge in [0.15, 0.2) is 5.17 Å².